The number of imidazole rings is 1. The Morgan fingerprint density at radius 1 is 1.17 bits per heavy atom. The standard InChI is InChI=1S/C11H5Cl2N5/c12-6-2-1-3-7(13)10(6)18-11-16-8(4-14)9(5-15)17-11/h1-3H,(H2,16,17,18). The summed E-state index contributed by atoms with van der Waals surface area (Å²) in [6, 6.07) is 8.68. The molecule has 18 heavy (non-hydrogen) atoms. The fourth-order valence-electron chi connectivity index (χ4n) is 1.33. The van der Waals surface area contributed by atoms with Gasteiger partial charge in [-0.15, -0.1) is 0 Å². The number of nitrogens with zero attached hydrogens (tertiary/aromatic N) is 3. The summed E-state index contributed by atoms with van der Waals surface area (Å²) >= 11 is 12.0. The first-order chi connectivity index (χ1) is 8.65. The molecule has 0 atom stereocenters. The van der Waals surface area contributed by atoms with Crippen LogP contribution in [0.15, 0.2) is 18.2 Å². The maximum absolute atomic E-state index is 8.79. The van der Waals surface area contributed by atoms with Crippen LogP contribution in [0.3, 0.4) is 0 Å². The molecule has 0 spiro atoms. The van der Waals surface area contributed by atoms with Crippen LogP contribution < -0.4 is 5.32 Å². The zero-order valence-electron chi connectivity index (χ0n) is 8.83. The monoisotopic (exact) mass is 277 g/mol. The highest BCUT2D eigenvalue weighted by Crippen LogP contribution is 2.31. The summed E-state index contributed by atoms with van der Waals surface area (Å²) in [5, 5.41) is 21.2. The van der Waals surface area contributed by atoms with Crippen molar-refractivity contribution in [3.05, 3.63) is 39.6 Å². The van der Waals surface area contributed by atoms with Crippen molar-refractivity contribution in [2.75, 3.05) is 5.32 Å². The third kappa shape index (κ3) is 2.23. The number of H-pyrrole nitrogens is 1. The molecule has 0 fully saturated rings. The smallest absolute Gasteiger partial charge is 0.207 e. The highest BCUT2D eigenvalue weighted by molar-refractivity contribution is 6.39. The van der Waals surface area contributed by atoms with E-state index in [4.69, 9.17) is 33.7 Å². The van der Waals surface area contributed by atoms with Crippen LogP contribution in [0.4, 0.5) is 11.6 Å². The lowest BCUT2D eigenvalue weighted by atomic mass is 10.3. The third-order valence-corrected chi connectivity index (χ3v) is 2.76. The van der Waals surface area contributed by atoms with Gasteiger partial charge in [-0.1, -0.05) is 29.3 Å². The molecule has 7 heteroatoms. The molecular weight excluding hydrogens is 273 g/mol. The molecule has 0 saturated carbocycles. The topological polar surface area (TPSA) is 88.3 Å². The fraction of sp³-hybridized carbons (Fsp3) is 0. The second-order valence-electron chi connectivity index (χ2n) is 3.25. The van der Waals surface area contributed by atoms with Crippen molar-refractivity contribution in [1.29, 1.82) is 10.5 Å². The molecule has 0 aliphatic heterocycles. The van der Waals surface area contributed by atoms with Gasteiger partial charge < -0.3 is 10.3 Å². The minimum absolute atomic E-state index is 0.0168. The van der Waals surface area contributed by atoms with Crippen molar-refractivity contribution in [3.8, 4) is 12.1 Å². The Balaban J connectivity index is 2.39. The van der Waals surface area contributed by atoms with Crippen molar-refractivity contribution in [1.82, 2.24) is 9.97 Å². The van der Waals surface area contributed by atoms with Gasteiger partial charge in [-0.25, -0.2) is 4.98 Å². The number of nitriles is 2. The second-order valence-corrected chi connectivity index (χ2v) is 4.07. The van der Waals surface area contributed by atoms with Gasteiger partial charge in [-0.3, -0.25) is 0 Å². The van der Waals surface area contributed by atoms with Gasteiger partial charge in [0.15, 0.2) is 11.4 Å². The Hall–Kier alpha value is -2.21. The van der Waals surface area contributed by atoms with Crippen LogP contribution in [-0.4, -0.2) is 9.97 Å². The molecule has 0 radical (unpaired) electrons. The van der Waals surface area contributed by atoms with Crippen LogP contribution in [0.2, 0.25) is 10.0 Å². The Bertz CT molecular complexity index is 626. The number of aromatic amines is 1. The van der Waals surface area contributed by atoms with Crippen molar-refractivity contribution < 1.29 is 0 Å². The molecule has 0 amide bonds. The summed E-state index contributed by atoms with van der Waals surface area (Å²) in [5.41, 5.74) is 0.565. The zero-order valence-corrected chi connectivity index (χ0v) is 10.3. The summed E-state index contributed by atoms with van der Waals surface area (Å²) in [4.78, 5) is 6.57. The predicted molar refractivity (Wildman–Crippen MR) is 67.8 cm³/mol. The van der Waals surface area contributed by atoms with Crippen LogP contribution in [-0.2, 0) is 0 Å². The molecule has 0 saturated heterocycles. The van der Waals surface area contributed by atoms with E-state index in [9.17, 15) is 0 Å². The maximum atomic E-state index is 8.79. The number of nitrogens with one attached hydrogen (secondary N) is 2. The first kappa shape index (κ1) is 12.3. The summed E-state index contributed by atoms with van der Waals surface area (Å²) in [5.74, 6) is 0.234. The molecule has 0 aliphatic rings. The van der Waals surface area contributed by atoms with E-state index in [-0.39, 0.29) is 17.3 Å². The Morgan fingerprint density at radius 2 is 1.83 bits per heavy atom. The molecule has 1 heterocycles. The maximum Gasteiger partial charge on any atom is 0.207 e. The van der Waals surface area contributed by atoms with E-state index >= 15 is 0 Å². The first-order valence-electron chi connectivity index (χ1n) is 4.77. The number of para-hydroxylation sites is 1. The molecule has 2 rings (SSSR count). The number of rotatable bonds is 2. The lowest BCUT2D eigenvalue weighted by molar-refractivity contribution is 1.27. The van der Waals surface area contributed by atoms with Gasteiger partial charge in [0.1, 0.15) is 12.1 Å². The van der Waals surface area contributed by atoms with Crippen molar-refractivity contribution in [3.63, 3.8) is 0 Å². The summed E-state index contributed by atoms with van der Waals surface area (Å²) in [6.07, 6.45) is 0. The Kier molecular flexibility index (Phi) is 3.38. The molecule has 2 N–H and O–H groups in total. The number of halogens is 2. The number of hydrogen-bond donors (Lipinski definition) is 2. The molecular formula is C11H5Cl2N5. The summed E-state index contributed by atoms with van der Waals surface area (Å²) in [7, 11) is 0. The van der Waals surface area contributed by atoms with Gasteiger partial charge in [-0.05, 0) is 12.1 Å². The van der Waals surface area contributed by atoms with E-state index in [1.54, 1.807) is 18.2 Å². The van der Waals surface area contributed by atoms with Crippen molar-refractivity contribution >= 4 is 34.8 Å². The van der Waals surface area contributed by atoms with Gasteiger partial charge in [0, 0.05) is 0 Å². The highest BCUT2D eigenvalue weighted by Gasteiger charge is 2.12. The van der Waals surface area contributed by atoms with E-state index in [0.29, 0.717) is 15.7 Å². The lowest BCUT2D eigenvalue weighted by Gasteiger charge is -2.06. The molecule has 0 bridgehead atoms. The van der Waals surface area contributed by atoms with Gasteiger partial charge >= 0.3 is 0 Å². The Labute approximate surface area is 113 Å². The van der Waals surface area contributed by atoms with E-state index in [2.05, 4.69) is 15.3 Å². The second kappa shape index (κ2) is 4.97. The van der Waals surface area contributed by atoms with Crippen LogP contribution in [0, 0.1) is 22.7 Å². The van der Waals surface area contributed by atoms with Crippen LogP contribution >= 0.6 is 23.2 Å². The van der Waals surface area contributed by atoms with Gasteiger partial charge in [0.05, 0.1) is 15.7 Å². The summed E-state index contributed by atoms with van der Waals surface area (Å²) < 4.78 is 0. The van der Waals surface area contributed by atoms with E-state index in [1.807, 2.05) is 12.1 Å². The predicted octanol–water partition coefficient (Wildman–Crippen LogP) is 3.20. The van der Waals surface area contributed by atoms with E-state index in [1.165, 1.54) is 0 Å². The minimum Gasteiger partial charge on any atom is -0.323 e. The molecule has 0 unspecified atom stereocenters. The molecule has 0 aliphatic carbocycles. The quantitative estimate of drug-likeness (QED) is 0.882. The van der Waals surface area contributed by atoms with Crippen LogP contribution in [0.1, 0.15) is 11.4 Å². The molecule has 1 aromatic carbocycles. The normalized spacial score (nSPS) is 9.56. The molecule has 5 nitrogen and oxygen atoms in total. The molecule has 1 aromatic heterocycles. The van der Waals surface area contributed by atoms with Gasteiger partial charge in [0.25, 0.3) is 0 Å². The lowest BCUT2D eigenvalue weighted by Crippen LogP contribution is -1.94. The van der Waals surface area contributed by atoms with Crippen LogP contribution in [0.25, 0.3) is 0 Å². The largest absolute Gasteiger partial charge is 0.323 e. The Morgan fingerprint density at radius 3 is 2.33 bits per heavy atom. The van der Waals surface area contributed by atoms with Gasteiger partial charge in [0.2, 0.25) is 5.95 Å². The third-order valence-electron chi connectivity index (χ3n) is 2.13. The van der Waals surface area contributed by atoms with E-state index in [0.717, 1.165) is 0 Å². The fourth-order valence-corrected chi connectivity index (χ4v) is 1.82. The van der Waals surface area contributed by atoms with E-state index < -0.39 is 0 Å². The van der Waals surface area contributed by atoms with Gasteiger partial charge in [-0.2, -0.15) is 10.5 Å². The average Bonchev–Trinajstić information content (AvgIpc) is 2.76. The number of aromatic nitrogens is 2. The average molecular weight is 278 g/mol. The first-order valence-corrected chi connectivity index (χ1v) is 5.52. The molecule has 2 aromatic rings. The number of anilines is 2. The number of hydrogen-bond acceptors (Lipinski definition) is 4. The number of benzene rings is 1. The van der Waals surface area contributed by atoms with Crippen molar-refractivity contribution in [2.45, 2.75) is 0 Å². The minimum atomic E-state index is 0.0168. The van der Waals surface area contributed by atoms with Crippen LogP contribution in [0.5, 0.6) is 0 Å². The highest BCUT2D eigenvalue weighted by atomic mass is 35.5. The summed E-state index contributed by atoms with van der Waals surface area (Å²) in [6.45, 7) is 0. The zero-order chi connectivity index (χ0) is 13.1. The van der Waals surface area contributed by atoms with Crippen molar-refractivity contribution in [2.24, 2.45) is 0 Å². The SMILES string of the molecule is N#Cc1nc(Nc2c(Cl)cccc2Cl)[nH]c1C#N. The molecule has 88 valence electrons.